The zero-order chi connectivity index (χ0) is 19.3. The van der Waals surface area contributed by atoms with Crippen molar-refractivity contribution in [3.8, 4) is 0 Å². The maximum absolute atomic E-state index is 12.4. The zero-order valence-electron chi connectivity index (χ0n) is 15.3. The van der Waals surface area contributed by atoms with Gasteiger partial charge in [0.1, 0.15) is 6.61 Å². The lowest BCUT2D eigenvalue weighted by Crippen LogP contribution is -2.33. The molecule has 0 atom stereocenters. The average molecular weight is 383 g/mol. The van der Waals surface area contributed by atoms with E-state index in [1.54, 1.807) is 19.2 Å². The van der Waals surface area contributed by atoms with Gasteiger partial charge in [-0.2, -0.15) is 4.31 Å². The van der Waals surface area contributed by atoms with Crippen LogP contribution in [0.3, 0.4) is 0 Å². The molecule has 144 valence electrons. The SMILES string of the molecule is CC(C)N(C)S(=O)(=O)c1ccc(CNC(=O)CCN2CCOC2=O)cc1. The Balaban J connectivity index is 1.85. The zero-order valence-corrected chi connectivity index (χ0v) is 16.1. The molecule has 0 unspecified atom stereocenters. The molecule has 2 rings (SSSR count). The number of hydrogen-bond acceptors (Lipinski definition) is 5. The molecule has 1 aliphatic rings. The number of benzene rings is 1. The van der Waals surface area contributed by atoms with Gasteiger partial charge < -0.3 is 15.0 Å². The van der Waals surface area contributed by atoms with Crippen molar-refractivity contribution in [1.82, 2.24) is 14.5 Å². The second-order valence-corrected chi connectivity index (χ2v) is 8.38. The molecular formula is C17H25N3O5S. The van der Waals surface area contributed by atoms with Crippen LogP contribution < -0.4 is 5.32 Å². The van der Waals surface area contributed by atoms with Gasteiger partial charge in [0.25, 0.3) is 0 Å². The molecule has 0 aliphatic carbocycles. The lowest BCUT2D eigenvalue weighted by atomic mass is 10.2. The first-order chi connectivity index (χ1) is 12.2. The number of carbonyl (C=O) groups is 2. The van der Waals surface area contributed by atoms with E-state index >= 15 is 0 Å². The normalized spacial score (nSPS) is 14.8. The van der Waals surface area contributed by atoms with Crippen LogP contribution in [-0.4, -0.2) is 62.4 Å². The van der Waals surface area contributed by atoms with Crippen LogP contribution in [0.5, 0.6) is 0 Å². The number of carbonyl (C=O) groups excluding carboxylic acids is 2. The van der Waals surface area contributed by atoms with Crippen molar-refractivity contribution >= 4 is 22.0 Å². The molecule has 0 aromatic heterocycles. The standard InChI is InChI=1S/C17H25N3O5S/c1-13(2)19(3)26(23,24)15-6-4-14(5-7-15)12-18-16(21)8-9-20-10-11-25-17(20)22/h4-7,13H,8-12H2,1-3H3,(H,18,21). The second-order valence-electron chi connectivity index (χ2n) is 6.39. The van der Waals surface area contributed by atoms with Crippen LogP contribution in [0.2, 0.25) is 0 Å². The van der Waals surface area contributed by atoms with Crippen LogP contribution in [0.1, 0.15) is 25.8 Å². The van der Waals surface area contributed by atoms with E-state index in [2.05, 4.69) is 5.32 Å². The number of ether oxygens (including phenoxy) is 1. The van der Waals surface area contributed by atoms with Gasteiger partial charge >= 0.3 is 6.09 Å². The molecule has 1 aromatic rings. The molecule has 0 bridgehead atoms. The fourth-order valence-electron chi connectivity index (χ4n) is 2.38. The van der Waals surface area contributed by atoms with E-state index in [-0.39, 0.29) is 29.4 Å². The number of rotatable bonds is 8. The van der Waals surface area contributed by atoms with Crippen LogP contribution in [0.15, 0.2) is 29.2 Å². The average Bonchev–Trinajstić information content (AvgIpc) is 3.02. The van der Waals surface area contributed by atoms with Crippen molar-refractivity contribution in [3.05, 3.63) is 29.8 Å². The molecule has 26 heavy (non-hydrogen) atoms. The van der Waals surface area contributed by atoms with E-state index in [9.17, 15) is 18.0 Å². The summed E-state index contributed by atoms with van der Waals surface area (Å²) < 4.78 is 30.9. The maximum atomic E-state index is 12.4. The van der Waals surface area contributed by atoms with Crippen LogP contribution in [0.4, 0.5) is 4.79 Å². The minimum atomic E-state index is -3.51. The summed E-state index contributed by atoms with van der Waals surface area (Å²) in [7, 11) is -1.97. The van der Waals surface area contributed by atoms with Gasteiger partial charge in [0.05, 0.1) is 11.4 Å². The number of amides is 2. The third-order valence-corrected chi connectivity index (χ3v) is 6.32. The van der Waals surface area contributed by atoms with Crippen molar-refractivity contribution in [2.45, 2.75) is 37.8 Å². The molecule has 1 N–H and O–H groups in total. The number of cyclic esters (lactones) is 1. The fraction of sp³-hybridized carbons (Fsp3) is 0.529. The second kappa shape index (κ2) is 8.50. The first-order valence-electron chi connectivity index (χ1n) is 8.47. The molecule has 1 aromatic carbocycles. The van der Waals surface area contributed by atoms with Crippen molar-refractivity contribution in [2.24, 2.45) is 0 Å². The number of hydrogen-bond donors (Lipinski definition) is 1. The molecular weight excluding hydrogens is 358 g/mol. The van der Waals surface area contributed by atoms with Gasteiger partial charge in [-0.25, -0.2) is 13.2 Å². The Bertz CT molecular complexity index is 746. The largest absolute Gasteiger partial charge is 0.448 e. The molecule has 0 spiro atoms. The molecule has 1 heterocycles. The predicted molar refractivity (Wildman–Crippen MR) is 95.9 cm³/mol. The molecule has 0 saturated carbocycles. The van der Waals surface area contributed by atoms with E-state index < -0.39 is 10.0 Å². The summed E-state index contributed by atoms with van der Waals surface area (Å²) in [6, 6.07) is 6.30. The minimum Gasteiger partial charge on any atom is -0.448 e. The van der Waals surface area contributed by atoms with Crippen LogP contribution >= 0.6 is 0 Å². The third-order valence-electron chi connectivity index (χ3n) is 4.27. The molecule has 1 fully saturated rings. The Hall–Kier alpha value is -2.13. The highest BCUT2D eigenvalue weighted by molar-refractivity contribution is 7.89. The lowest BCUT2D eigenvalue weighted by Gasteiger charge is -2.21. The highest BCUT2D eigenvalue weighted by atomic mass is 32.2. The van der Waals surface area contributed by atoms with Crippen molar-refractivity contribution in [3.63, 3.8) is 0 Å². The molecule has 1 saturated heterocycles. The summed E-state index contributed by atoms with van der Waals surface area (Å²) in [6.07, 6.45) is -0.193. The molecule has 9 heteroatoms. The van der Waals surface area contributed by atoms with Crippen molar-refractivity contribution < 1.29 is 22.7 Å². The number of nitrogens with zero attached hydrogens (tertiary/aromatic N) is 2. The van der Waals surface area contributed by atoms with Gasteiger partial charge in [0, 0.05) is 32.6 Å². The van der Waals surface area contributed by atoms with Crippen LogP contribution in [0.25, 0.3) is 0 Å². The molecule has 2 amide bonds. The van der Waals surface area contributed by atoms with Gasteiger partial charge in [-0.3, -0.25) is 4.79 Å². The Morgan fingerprint density at radius 1 is 1.31 bits per heavy atom. The Morgan fingerprint density at radius 3 is 2.50 bits per heavy atom. The lowest BCUT2D eigenvalue weighted by molar-refractivity contribution is -0.121. The van der Waals surface area contributed by atoms with E-state index in [0.717, 1.165) is 5.56 Å². The number of sulfonamides is 1. The maximum Gasteiger partial charge on any atom is 0.409 e. The smallest absolute Gasteiger partial charge is 0.409 e. The van der Waals surface area contributed by atoms with Crippen LogP contribution in [0, 0.1) is 0 Å². The summed E-state index contributed by atoms with van der Waals surface area (Å²) >= 11 is 0. The quantitative estimate of drug-likeness (QED) is 0.727. The predicted octanol–water partition coefficient (Wildman–Crippen LogP) is 1.17. The minimum absolute atomic E-state index is 0.133. The first kappa shape index (κ1) is 20.2. The topological polar surface area (TPSA) is 96.0 Å². The first-order valence-corrected chi connectivity index (χ1v) is 9.91. The van der Waals surface area contributed by atoms with Crippen LogP contribution in [-0.2, 0) is 26.1 Å². The Morgan fingerprint density at radius 2 is 1.96 bits per heavy atom. The van der Waals surface area contributed by atoms with Crippen molar-refractivity contribution in [2.75, 3.05) is 26.7 Å². The summed E-state index contributed by atoms with van der Waals surface area (Å²) in [5.41, 5.74) is 0.796. The summed E-state index contributed by atoms with van der Waals surface area (Å²) in [6.45, 7) is 5.11. The fourth-order valence-corrected chi connectivity index (χ4v) is 3.75. The van der Waals surface area contributed by atoms with Gasteiger partial charge in [0.15, 0.2) is 0 Å². The van der Waals surface area contributed by atoms with E-state index in [1.807, 2.05) is 13.8 Å². The highest BCUT2D eigenvalue weighted by Crippen LogP contribution is 2.17. The number of nitrogens with one attached hydrogen (secondary N) is 1. The van der Waals surface area contributed by atoms with E-state index in [1.165, 1.54) is 21.3 Å². The Kier molecular flexibility index (Phi) is 6.60. The van der Waals surface area contributed by atoms with Gasteiger partial charge in [-0.05, 0) is 31.5 Å². The van der Waals surface area contributed by atoms with E-state index in [4.69, 9.17) is 4.74 Å². The third kappa shape index (κ3) is 4.95. The van der Waals surface area contributed by atoms with Gasteiger partial charge in [-0.1, -0.05) is 12.1 Å². The van der Waals surface area contributed by atoms with Gasteiger partial charge in [0.2, 0.25) is 15.9 Å². The molecule has 8 nitrogen and oxygen atoms in total. The summed E-state index contributed by atoms with van der Waals surface area (Å²) in [5.74, 6) is -0.180. The van der Waals surface area contributed by atoms with E-state index in [0.29, 0.717) is 26.2 Å². The molecule has 0 radical (unpaired) electrons. The Labute approximate surface area is 154 Å². The molecule has 1 aliphatic heterocycles. The summed E-state index contributed by atoms with van der Waals surface area (Å²) in [5, 5.41) is 2.76. The highest BCUT2D eigenvalue weighted by Gasteiger charge is 2.23. The monoisotopic (exact) mass is 383 g/mol. The van der Waals surface area contributed by atoms with Crippen molar-refractivity contribution in [1.29, 1.82) is 0 Å². The summed E-state index contributed by atoms with van der Waals surface area (Å²) in [4.78, 5) is 24.9. The van der Waals surface area contributed by atoms with Gasteiger partial charge in [-0.15, -0.1) is 0 Å².